The van der Waals surface area contributed by atoms with E-state index in [0.717, 1.165) is 32.0 Å². The lowest BCUT2D eigenvalue weighted by Gasteiger charge is -2.29. The molecule has 2 rings (SSSR count). The molecule has 0 aliphatic heterocycles. The highest BCUT2D eigenvalue weighted by atomic mass is 79.9. The molecule has 0 aromatic heterocycles. The largest absolute Gasteiger partial charge is 0.330 e. The highest BCUT2D eigenvalue weighted by molar-refractivity contribution is 9.10. The van der Waals surface area contributed by atoms with E-state index in [9.17, 15) is 0 Å². The normalized spacial score (nSPS) is 16.8. The Kier molecular flexibility index (Phi) is 7.05. The molecule has 1 saturated carbocycles. The second-order valence-electron chi connectivity index (χ2n) is 6.01. The first-order valence-electron chi connectivity index (χ1n) is 7.95. The highest BCUT2D eigenvalue weighted by Gasteiger charge is 2.17. The second-order valence-corrected chi connectivity index (χ2v) is 6.93. The fourth-order valence-corrected chi connectivity index (χ4v) is 3.62. The fraction of sp³-hybridized carbons (Fsp3) is 0.647. The maximum Gasteiger partial charge on any atom is 0.0234 e. The first-order valence-corrected chi connectivity index (χ1v) is 8.74. The van der Waals surface area contributed by atoms with Gasteiger partial charge in [0.05, 0.1) is 0 Å². The van der Waals surface area contributed by atoms with E-state index in [1.807, 2.05) is 0 Å². The van der Waals surface area contributed by atoms with Gasteiger partial charge in [0.25, 0.3) is 0 Å². The van der Waals surface area contributed by atoms with Crippen molar-refractivity contribution in [1.29, 1.82) is 0 Å². The fourth-order valence-electron chi connectivity index (χ4n) is 3.18. The van der Waals surface area contributed by atoms with Crippen molar-refractivity contribution in [1.82, 2.24) is 4.90 Å². The Bertz CT molecular complexity index is 388. The van der Waals surface area contributed by atoms with Gasteiger partial charge in [-0.05, 0) is 56.0 Å². The van der Waals surface area contributed by atoms with Gasteiger partial charge in [0, 0.05) is 17.6 Å². The third-order valence-corrected chi connectivity index (χ3v) is 4.71. The number of hydrogen-bond donors (Lipinski definition) is 1. The van der Waals surface area contributed by atoms with Crippen LogP contribution in [0.2, 0.25) is 0 Å². The lowest BCUT2D eigenvalue weighted by Crippen LogP contribution is -2.32. The van der Waals surface area contributed by atoms with E-state index in [1.54, 1.807) is 0 Å². The molecule has 3 heteroatoms. The average Bonchev–Trinajstić information content (AvgIpc) is 2.46. The standard InChI is InChI=1S/C17H27BrN2/c18-17-9-4-8-16(12-17)14-20(11-5-10-19)13-15-6-2-1-3-7-15/h4,8-9,12,15H,1-3,5-7,10-11,13-14,19H2. The molecule has 0 atom stereocenters. The molecule has 1 aliphatic carbocycles. The zero-order valence-electron chi connectivity index (χ0n) is 12.4. The number of nitrogens with two attached hydrogens (primary N) is 1. The summed E-state index contributed by atoms with van der Waals surface area (Å²) in [6.45, 7) is 4.21. The zero-order chi connectivity index (χ0) is 14.2. The van der Waals surface area contributed by atoms with Crippen LogP contribution in [-0.4, -0.2) is 24.5 Å². The van der Waals surface area contributed by atoms with E-state index < -0.39 is 0 Å². The van der Waals surface area contributed by atoms with Crippen LogP contribution in [0.4, 0.5) is 0 Å². The molecule has 0 saturated heterocycles. The van der Waals surface area contributed by atoms with Crippen LogP contribution in [0.3, 0.4) is 0 Å². The SMILES string of the molecule is NCCCN(Cc1cccc(Br)c1)CC1CCCCC1. The predicted octanol–water partition coefficient (Wildman–Crippen LogP) is 4.18. The van der Waals surface area contributed by atoms with Gasteiger partial charge in [-0.2, -0.15) is 0 Å². The van der Waals surface area contributed by atoms with Gasteiger partial charge < -0.3 is 5.73 Å². The average molecular weight is 339 g/mol. The topological polar surface area (TPSA) is 29.3 Å². The molecule has 2 N–H and O–H groups in total. The third kappa shape index (κ3) is 5.55. The lowest BCUT2D eigenvalue weighted by molar-refractivity contribution is 0.193. The van der Waals surface area contributed by atoms with Crippen molar-refractivity contribution in [3.05, 3.63) is 34.3 Å². The van der Waals surface area contributed by atoms with E-state index in [4.69, 9.17) is 5.73 Å². The van der Waals surface area contributed by atoms with Crippen LogP contribution >= 0.6 is 15.9 Å². The molecule has 0 amide bonds. The van der Waals surface area contributed by atoms with Crippen molar-refractivity contribution in [2.45, 2.75) is 45.1 Å². The van der Waals surface area contributed by atoms with E-state index in [-0.39, 0.29) is 0 Å². The van der Waals surface area contributed by atoms with Crippen molar-refractivity contribution in [3.8, 4) is 0 Å². The predicted molar refractivity (Wildman–Crippen MR) is 89.7 cm³/mol. The molecular weight excluding hydrogens is 312 g/mol. The van der Waals surface area contributed by atoms with Crippen molar-refractivity contribution in [2.24, 2.45) is 11.7 Å². The van der Waals surface area contributed by atoms with Crippen molar-refractivity contribution in [2.75, 3.05) is 19.6 Å². The summed E-state index contributed by atoms with van der Waals surface area (Å²) >= 11 is 3.56. The summed E-state index contributed by atoms with van der Waals surface area (Å²) in [5.74, 6) is 0.897. The summed E-state index contributed by atoms with van der Waals surface area (Å²) in [6.07, 6.45) is 8.21. The molecule has 1 fully saturated rings. The van der Waals surface area contributed by atoms with E-state index >= 15 is 0 Å². The van der Waals surface area contributed by atoms with Crippen LogP contribution in [-0.2, 0) is 6.54 Å². The molecule has 20 heavy (non-hydrogen) atoms. The van der Waals surface area contributed by atoms with Gasteiger partial charge in [-0.25, -0.2) is 0 Å². The Morgan fingerprint density at radius 2 is 2.00 bits per heavy atom. The molecule has 0 radical (unpaired) electrons. The van der Waals surface area contributed by atoms with Gasteiger partial charge in [0.1, 0.15) is 0 Å². The maximum atomic E-state index is 5.69. The smallest absolute Gasteiger partial charge is 0.0234 e. The van der Waals surface area contributed by atoms with E-state index in [2.05, 4.69) is 45.1 Å². The minimum absolute atomic E-state index is 0.791. The van der Waals surface area contributed by atoms with E-state index in [1.165, 1.54) is 48.7 Å². The summed E-state index contributed by atoms with van der Waals surface area (Å²) < 4.78 is 1.17. The van der Waals surface area contributed by atoms with Gasteiger partial charge in [-0.3, -0.25) is 4.90 Å². The lowest BCUT2D eigenvalue weighted by atomic mass is 9.89. The molecule has 1 aliphatic rings. The summed E-state index contributed by atoms with van der Waals surface area (Å²) in [7, 11) is 0. The molecule has 112 valence electrons. The Balaban J connectivity index is 1.91. The van der Waals surface area contributed by atoms with Crippen LogP contribution in [0, 0.1) is 5.92 Å². The number of halogens is 1. The number of benzene rings is 1. The van der Waals surface area contributed by atoms with Crippen molar-refractivity contribution < 1.29 is 0 Å². The van der Waals surface area contributed by atoms with Crippen LogP contribution in [0.1, 0.15) is 44.1 Å². The molecule has 0 heterocycles. The van der Waals surface area contributed by atoms with Gasteiger partial charge in [0.15, 0.2) is 0 Å². The van der Waals surface area contributed by atoms with Crippen LogP contribution < -0.4 is 5.73 Å². The molecule has 1 aromatic carbocycles. The van der Waals surface area contributed by atoms with Gasteiger partial charge in [-0.15, -0.1) is 0 Å². The Morgan fingerprint density at radius 3 is 2.70 bits per heavy atom. The Labute approximate surface area is 131 Å². The molecule has 0 spiro atoms. The summed E-state index contributed by atoms with van der Waals surface area (Å²) in [5, 5.41) is 0. The quantitative estimate of drug-likeness (QED) is 0.807. The van der Waals surface area contributed by atoms with Crippen LogP contribution in [0.25, 0.3) is 0 Å². The maximum absolute atomic E-state index is 5.69. The molecule has 2 nitrogen and oxygen atoms in total. The molecular formula is C17H27BrN2. The molecule has 0 bridgehead atoms. The Morgan fingerprint density at radius 1 is 1.20 bits per heavy atom. The number of hydrogen-bond acceptors (Lipinski definition) is 2. The summed E-state index contributed by atoms with van der Waals surface area (Å²) in [4.78, 5) is 2.60. The first-order chi connectivity index (χ1) is 9.78. The van der Waals surface area contributed by atoms with Crippen molar-refractivity contribution in [3.63, 3.8) is 0 Å². The minimum Gasteiger partial charge on any atom is -0.330 e. The first kappa shape index (κ1) is 16.0. The number of rotatable bonds is 7. The summed E-state index contributed by atoms with van der Waals surface area (Å²) in [6, 6.07) is 8.67. The second kappa shape index (κ2) is 8.81. The van der Waals surface area contributed by atoms with Crippen LogP contribution in [0.5, 0.6) is 0 Å². The monoisotopic (exact) mass is 338 g/mol. The minimum atomic E-state index is 0.791. The van der Waals surface area contributed by atoms with Gasteiger partial charge in [-0.1, -0.05) is 47.3 Å². The summed E-state index contributed by atoms with van der Waals surface area (Å²) in [5.41, 5.74) is 7.09. The zero-order valence-corrected chi connectivity index (χ0v) is 13.9. The molecule has 1 aromatic rings. The number of nitrogens with zero attached hydrogens (tertiary/aromatic N) is 1. The highest BCUT2D eigenvalue weighted by Crippen LogP contribution is 2.25. The van der Waals surface area contributed by atoms with Crippen LogP contribution in [0.15, 0.2) is 28.7 Å². The molecule has 0 unspecified atom stereocenters. The third-order valence-electron chi connectivity index (χ3n) is 4.21. The van der Waals surface area contributed by atoms with Crippen molar-refractivity contribution >= 4 is 15.9 Å². The van der Waals surface area contributed by atoms with E-state index in [0.29, 0.717) is 0 Å². The Hall–Kier alpha value is -0.380. The van der Waals surface area contributed by atoms with Gasteiger partial charge in [0.2, 0.25) is 0 Å². The van der Waals surface area contributed by atoms with Gasteiger partial charge >= 0.3 is 0 Å².